The Morgan fingerprint density at radius 3 is 2.63 bits per heavy atom. The molecule has 51 heavy (non-hydrogen) atoms. The third kappa shape index (κ3) is 9.75. The Bertz CT molecular complexity index is 1700. The van der Waals surface area contributed by atoms with E-state index >= 15 is 0 Å². The van der Waals surface area contributed by atoms with Crippen molar-refractivity contribution in [3.05, 3.63) is 66.7 Å². The fourth-order valence-electron chi connectivity index (χ4n) is 6.28. The molecule has 271 valence electrons. The smallest absolute Gasteiger partial charge is 0.465 e. The van der Waals surface area contributed by atoms with Crippen LogP contribution in [0.25, 0.3) is 22.2 Å². The minimum atomic E-state index is -1.41. The Morgan fingerprint density at radius 1 is 1.06 bits per heavy atom. The number of aromatic nitrogens is 1. The normalized spacial score (nSPS) is 20.7. The van der Waals surface area contributed by atoms with Crippen molar-refractivity contribution >= 4 is 34.9 Å². The molecule has 1 saturated heterocycles. The summed E-state index contributed by atoms with van der Waals surface area (Å²) in [4.78, 5) is 59.9. The summed E-state index contributed by atoms with van der Waals surface area (Å²) in [6.07, 6.45) is 7.52. The summed E-state index contributed by atoms with van der Waals surface area (Å²) in [5.41, 5.74) is 4.59. The van der Waals surface area contributed by atoms with Gasteiger partial charge in [-0.2, -0.15) is 0 Å². The standard InChI is InChI=1S/C38H47N5O8/c1-3-4-21-50-38(48)41-43-32(36(45)46)17-13-8-6-5-7-9-14-20-39-37(47)42-25-28(23-33(42)35(43)44)51-34-24-30(26-15-11-10-12-16-26)40-31-22-27(49-2)18-19-29(31)34/h6,8,10-12,15-16,18-19,22,24,28,32-33H,3-5,7,9,13-14,17,20-21,23,25H2,1-2H3,(H,39,47)(H,41,48)(H,45,46)/q+1. The summed E-state index contributed by atoms with van der Waals surface area (Å²) in [7, 11) is 1.58. The molecule has 0 spiro atoms. The topological polar surface area (TPSA) is 162 Å². The Kier molecular flexibility index (Phi) is 13.2. The van der Waals surface area contributed by atoms with E-state index in [-0.39, 0.29) is 26.0 Å². The summed E-state index contributed by atoms with van der Waals surface area (Å²) in [5, 5.41) is 14.8. The van der Waals surface area contributed by atoms with Gasteiger partial charge in [0.05, 0.1) is 31.3 Å². The Balaban J connectivity index is 1.49. The second-order valence-electron chi connectivity index (χ2n) is 12.7. The quantitative estimate of drug-likeness (QED) is 0.140. The molecule has 3 N–H and O–H groups in total. The molecule has 3 atom stereocenters. The van der Waals surface area contributed by atoms with E-state index in [1.807, 2.05) is 67.6 Å². The van der Waals surface area contributed by atoms with Crippen LogP contribution >= 0.6 is 0 Å². The van der Waals surface area contributed by atoms with Crippen LogP contribution in [-0.4, -0.2) is 84.1 Å². The number of unbranched alkanes of at least 4 members (excludes halogenated alkanes) is 1. The van der Waals surface area contributed by atoms with Crippen molar-refractivity contribution in [2.45, 2.75) is 82.9 Å². The summed E-state index contributed by atoms with van der Waals surface area (Å²) < 4.78 is 17.3. The van der Waals surface area contributed by atoms with E-state index in [0.717, 1.165) is 42.7 Å². The Morgan fingerprint density at radius 2 is 1.86 bits per heavy atom. The van der Waals surface area contributed by atoms with E-state index in [2.05, 4.69) is 10.7 Å². The molecule has 4 amide bonds. The number of ether oxygens (including phenoxy) is 3. The van der Waals surface area contributed by atoms with Crippen LogP contribution < -0.4 is 25.1 Å². The van der Waals surface area contributed by atoms with Gasteiger partial charge in [0.2, 0.25) is 6.04 Å². The molecule has 5 rings (SSSR count). The van der Waals surface area contributed by atoms with E-state index in [1.165, 1.54) is 4.90 Å². The zero-order chi connectivity index (χ0) is 36.2. The number of methoxy groups -OCH3 is 1. The highest BCUT2D eigenvalue weighted by Crippen LogP contribution is 2.34. The number of hydrogen-bond acceptors (Lipinski definition) is 8. The van der Waals surface area contributed by atoms with Crippen LogP contribution in [0.1, 0.15) is 64.7 Å². The van der Waals surface area contributed by atoms with Gasteiger partial charge in [-0.1, -0.05) is 67.1 Å². The van der Waals surface area contributed by atoms with Crippen LogP contribution in [0.2, 0.25) is 0 Å². The molecule has 3 heterocycles. The number of allylic oxidation sites excluding steroid dienone is 2. The first-order chi connectivity index (χ1) is 24.8. The lowest BCUT2D eigenvalue weighted by Crippen LogP contribution is -2.62. The fraction of sp³-hybridized carbons (Fsp3) is 0.447. The highest BCUT2D eigenvalue weighted by Gasteiger charge is 2.54. The van der Waals surface area contributed by atoms with Crippen LogP contribution in [-0.2, 0) is 14.3 Å². The molecule has 13 nitrogen and oxygen atoms in total. The fourth-order valence-corrected chi connectivity index (χ4v) is 6.28. The summed E-state index contributed by atoms with van der Waals surface area (Å²) in [5.74, 6) is -0.912. The second kappa shape index (κ2) is 18.2. The average Bonchev–Trinajstić information content (AvgIpc) is 3.56. The highest BCUT2D eigenvalue weighted by molar-refractivity contribution is 5.93. The number of aliphatic carboxylic acids is 1. The van der Waals surface area contributed by atoms with Gasteiger partial charge in [-0.25, -0.2) is 29.8 Å². The van der Waals surface area contributed by atoms with Crippen LogP contribution in [0.15, 0.2) is 66.7 Å². The molecule has 1 radical (unpaired) electrons. The van der Waals surface area contributed by atoms with Gasteiger partial charge in [0.15, 0.2) is 18.7 Å². The predicted molar refractivity (Wildman–Crippen MR) is 191 cm³/mol. The molecule has 1 aromatic heterocycles. The average molecular weight is 702 g/mol. The number of amides is 4. The van der Waals surface area contributed by atoms with E-state index in [1.54, 1.807) is 13.2 Å². The van der Waals surface area contributed by atoms with Gasteiger partial charge in [0.25, 0.3) is 0 Å². The minimum absolute atomic E-state index is 0.0398. The lowest BCUT2D eigenvalue weighted by atomic mass is 10.1. The number of carboxylic acids is 1. The first-order valence-electron chi connectivity index (χ1n) is 17.7. The molecular weight excluding hydrogens is 654 g/mol. The number of hydrazine groups is 1. The molecule has 2 aromatic carbocycles. The zero-order valence-corrected chi connectivity index (χ0v) is 29.2. The van der Waals surface area contributed by atoms with E-state index in [4.69, 9.17) is 19.2 Å². The molecule has 3 unspecified atom stereocenters. The van der Waals surface area contributed by atoms with E-state index < -0.39 is 42.2 Å². The van der Waals surface area contributed by atoms with Gasteiger partial charge in [0.1, 0.15) is 11.5 Å². The lowest BCUT2D eigenvalue weighted by molar-refractivity contribution is -0.154. The maximum atomic E-state index is 14.4. The number of benzene rings is 2. The maximum Gasteiger partial charge on any atom is 0.465 e. The van der Waals surface area contributed by atoms with Crippen molar-refractivity contribution in [1.29, 1.82) is 0 Å². The highest BCUT2D eigenvalue weighted by atomic mass is 16.6. The maximum absolute atomic E-state index is 14.4. The first-order valence-corrected chi connectivity index (χ1v) is 17.7. The third-order valence-electron chi connectivity index (χ3n) is 9.03. The van der Waals surface area contributed by atoms with Crippen LogP contribution in [0.5, 0.6) is 11.5 Å². The van der Waals surface area contributed by atoms with Crippen molar-refractivity contribution in [2.75, 3.05) is 26.8 Å². The van der Waals surface area contributed by atoms with E-state index in [9.17, 15) is 24.3 Å². The molecule has 0 saturated carbocycles. The van der Waals surface area contributed by atoms with Gasteiger partial charge in [-0.15, -0.1) is 0 Å². The van der Waals surface area contributed by atoms with Crippen molar-refractivity contribution in [2.24, 2.45) is 0 Å². The molecule has 3 aromatic rings. The summed E-state index contributed by atoms with van der Waals surface area (Å²) in [6.45, 7) is 2.50. The number of urea groups is 1. The number of carbonyl (C=O) groups is 4. The van der Waals surface area contributed by atoms with Crippen molar-refractivity contribution in [3.8, 4) is 22.8 Å². The van der Waals surface area contributed by atoms with E-state index in [0.29, 0.717) is 47.5 Å². The summed E-state index contributed by atoms with van der Waals surface area (Å²) in [6, 6.07) is 13.9. The lowest BCUT2D eigenvalue weighted by Gasteiger charge is -2.30. The largest absolute Gasteiger partial charge is 0.497 e. The molecular formula is C38H47N5O8+. The zero-order valence-electron chi connectivity index (χ0n) is 29.2. The molecule has 13 heteroatoms. The predicted octanol–water partition coefficient (Wildman–Crippen LogP) is 5.91. The monoisotopic (exact) mass is 701 g/mol. The number of fused-ring (bicyclic) bond motifs is 2. The number of carbonyl (C=O) groups excluding carboxylic acids is 3. The number of pyridine rings is 1. The number of rotatable bonds is 9. The number of hydrogen-bond donors (Lipinski definition) is 3. The van der Waals surface area contributed by atoms with Crippen LogP contribution in [0, 0.1) is 0 Å². The number of nitrogens with zero attached hydrogens (tertiary/aromatic N) is 3. The molecule has 0 aliphatic carbocycles. The van der Waals surface area contributed by atoms with Gasteiger partial charge in [-0.05, 0) is 50.7 Å². The first kappa shape index (κ1) is 37.1. The van der Waals surface area contributed by atoms with Crippen LogP contribution in [0.4, 0.5) is 9.59 Å². The molecule has 2 aliphatic rings. The molecule has 2 aliphatic heterocycles. The van der Waals surface area contributed by atoms with Gasteiger partial charge in [0, 0.05) is 29.6 Å². The minimum Gasteiger partial charge on any atom is -0.497 e. The van der Waals surface area contributed by atoms with Gasteiger partial charge in [-0.3, -0.25) is 4.79 Å². The van der Waals surface area contributed by atoms with Crippen LogP contribution in [0.3, 0.4) is 0 Å². The molecule has 0 bridgehead atoms. The Labute approximate surface area is 297 Å². The SMILES string of the molecule is CCCCOC(=O)NN1C(=O)C2CC(Oc3cc(-c4ccccc4)nc4cc(OC)ccc34)C[N+]2C(=O)NCCCCCC=CCCC1C(=O)O. The van der Waals surface area contributed by atoms with Gasteiger partial charge >= 0.3 is 24.0 Å². The summed E-state index contributed by atoms with van der Waals surface area (Å²) >= 11 is 0. The third-order valence-corrected chi connectivity index (χ3v) is 9.03. The van der Waals surface area contributed by atoms with Gasteiger partial charge < -0.3 is 24.6 Å². The number of carboxylic acid groups (broad SMARTS) is 1. The van der Waals surface area contributed by atoms with Crippen molar-refractivity contribution in [1.82, 2.24) is 25.6 Å². The molecule has 1 fully saturated rings. The second-order valence-corrected chi connectivity index (χ2v) is 12.7. The number of nitrogens with one attached hydrogen (secondary N) is 2. The van der Waals surface area contributed by atoms with Crippen molar-refractivity contribution in [3.63, 3.8) is 0 Å². The Hall–Kier alpha value is -5.17. The van der Waals surface area contributed by atoms with Crippen molar-refractivity contribution < 1.29 is 38.5 Å².